The van der Waals surface area contributed by atoms with Crippen LogP contribution in [0.3, 0.4) is 0 Å². The lowest BCUT2D eigenvalue weighted by Crippen LogP contribution is -2.05. The maximum atomic E-state index is 12.5. The molecule has 0 amide bonds. The van der Waals surface area contributed by atoms with Gasteiger partial charge in [-0.2, -0.15) is 13.2 Å². The molecule has 20 heavy (non-hydrogen) atoms. The van der Waals surface area contributed by atoms with Gasteiger partial charge in [0.05, 0.1) is 10.6 Å². The van der Waals surface area contributed by atoms with E-state index >= 15 is 0 Å². The molecule has 106 valence electrons. The number of aromatic hydroxyl groups is 1. The third-order valence-electron chi connectivity index (χ3n) is 2.59. The van der Waals surface area contributed by atoms with Crippen LogP contribution in [0.1, 0.15) is 11.1 Å². The summed E-state index contributed by atoms with van der Waals surface area (Å²) in [5.41, 5.74) is -0.200. The zero-order chi connectivity index (χ0) is 14.8. The molecule has 0 aromatic heterocycles. The maximum absolute atomic E-state index is 12.5. The van der Waals surface area contributed by atoms with Crippen LogP contribution in [0.15, 0.2) is 42.5 Å². The first-order valence-electron chi connectivity index (χ1n) is 5.64. The van der Waals surface area contributed by atoms with E-state index in [1.807, 2.05) is 0 Å². The minimum absolute atomic E-state index is 0.0119. The molecule has 2 aromatic carbocycles. The standard InChI is InChI=1S/C14H10ClF3O2/c15-13-7-11(19)5-4-9(13)8-20-12-3-1-2-10(6-12)14(16,17)18/h1-7,19H,8H2. The molecule has 0 saturated carbocycles. The average molecular weight is 303 g/mol. The monoisotopic (exact) mass is 302 g/mol. The van der Waals surface area contributed by atoms with Gasteiger partial charge in [0, 0.05) is 5.56 Å². The summed E-state index contributed by atoms with van der Waals surface area (Å²) < 4.78 is 42.9. The van der Waals surface area contributed by atoms with Gasteiger partial charge in [0.2, 0.25) is 0 Å². The second-order valence-electron chi connectivity index (χ2n) is 4.09. The second-order valence-corrected chi connectivity index (χ2v) is 4.50. The van der Waals surface area contributed by atoms with E-state index in [-0.39, 0.29) is 23.1 Å². The molecule has 6 heteroatoms. The normalized spacial score (nSPS) is 11.4. The highest BCUT2D eigenvalue weighted by Crippen LogP contribution is 2.31. The summed E-state index contributed by atoms with van der Waals surface area (Å²) in [7, 11) is 0. The molecule has 2 rings (SSSR count). The zero-order valence-electron chi connectivity index (χ0n) is 10.1. The van der Waals surface area contributed by atoms with Crippen molar-refractivity contribution in [2.45, 2.75) is 12.8 Å². The first-order valence-corrected chi connectivity index (χ1v) is 6.01. The van der Waals surface area contributed by atoms with Crippen molar-refractivity contribution < 1.29 is 23.0 Å². The Morgan fingerprint density at radius 1 is 1.10 bits per heavy atom. The highest BCUT2D eigenvalue weighted by molar-refractivity contribution is 6.31. The maximum Gasteiger partial charge on any atom is 0.416 e. The molecular formula is C14H10ClF3O2. The van der Waals surface area contributed by atoms with Crippen molar-refractivity contribution in [1.29, 1.82) is 0 Å². The molecule has 0 aliphatic rings. The lowest BCUT2D eigenvalue weighted by Gasteiger charge is -2.11. The van der Waals surface area contributed by atoms with E-state index in [9.17, 15) is 18.3 Å². The number of phenolic OH excluding ortho intramolecular Hbond substituents is 1. The summed E-state index contributed by atoms with van der Waals surface area (Å²) in [6.45, 7) is 0.0143. The number of halogens is 4. The molecule has 0 radical (unpaired) electrons. The van der Waals surface area contributed by atoms with Crippen molar-refractivity contribution >= 4 is 11.6 Å². The van der Waals surface area contributed by atoms with E-state index in [4.69, 9.17) is 16.3 Å². The summed E-state index contributed by atoms with van der Waals surface area (Å²) in [6.07, 6.45) is -4.41. The lowest BCUT2D eigenvalue weighted by atomic mass is 10.2. The van der Waals surface area contributed by atoms with Crippen molar-refractivity contribution in [2.75, 3.05) is 0 Å². The van der Waals surface area contributed by atoms with Gasteiger partial charge in [0.25, 0.3) is 0 Å². The summed E-state index contributed by atoms with van der Waals surface area (Å²) in [5, 5.41) is 9.49. The molecule has 0 aliphatic heterocycles. The van der Waals surface area contributed by atoms with E-state index in [1.165, 1.54) is 24.3 Å². The van der Waals surface area contributed by atoms with Crippen LogP contribution in [-0.4, -0.2) is 5.11 Å². The van der Waals surface area contributed by atoms with Gasteiger partial charge < -0.3 is 9.84 Å². The Morgan fingerprint density at radius 3 is 2.50 bits per heavy atom. The van der Waals surface area contributed by atoms with Crippen molar-refractivity contribution in [3.05, 3.63) is 58.6 Å². The second kappa shape index (κ2) is 5.63. The quantitative estimate of drug-likeness (QED) is 0.894. The summed E-state index contributed by atoms with van der Waals surface area (Å²) >= 11 is 5.88. The molecule has 0 spiro atoms. The molecule has 0 bridgehead atoms. The fourth-order valence-electron chi connectivity index (χ4n) is 1.58. The molecule has 0 fully saturated rings. The third kappa shape index (κ3) is 3.57. The fourth-order valence-corrected chi connectivity index (χ4v) is 1.81. The van der Waals surface area contributed by atoms with Crippen LogP contribution in [0, 0.1) is 0 Å². The Bertz CT molecular complexity index is 612. The summed E-state index contributed by atoms with van der Waals surface area (Å²) in [6, 6.07) is 8.92. The highest BCUT2D eigenvalue weighted by atomic mass is 35.5. The van der Waals surface area contributed by atoms with Gasteiger partial charge >= 0.3 is 6.18 Å². The number of hydrogen-bond donors (Lipinski definition) is 1. The van der Waals surface area contributed by atoms with E-state index in [0.717, 1.165) is 12.1 Å². The largest absolute Gasteiger partial charge is 0.508 e. The lowest BCUT2D eigenvalue weighted by molar-refractivity contribution is -0.137. The van der Waals surface area contributed by atoms with Crippen LogP contribution in [0.2, 0.25) is 5.02 Å². The minimum Gasteiger partial charge on any atom is -0.508 e. The van der Waals surface area contributed by atoms with Crippen molar-refractivity contribution in [1.82, 2.24) is 0 Å². The fraction of sp³-hybridized carbons (Fsp3) is 0.143. The van der Waals surface area contributed by atoms with E-state index < -0.39 is 11.7 Å². The van der Waals surface area contributed by atoms with Gasteiger partial charge in [-0.05, 0) is 30.3 Å². The van der Waals surface area contributed by atoms with Gasteiger partial charge in [-0.25, -0.2) is 0 Å². The topological polar surface area (TPSA) is 29.5 Å². The average Bonchev–Trinajstić information content (AvgIpc) is 2.37. The SMILES string of the molecule is Oc1ccc(COc2cccc(C(F)(F)F)c2)c(Cl)c1. The number of hydrogen-bond acceptors (Lipinski definition) is 2. The van der Waals surface area contributed by atoms with Gasteiger partial charge in [0.15, 0.2) is 0 Å². The first-order chi connectivity index (χ1) is 9.36. The molecule has 0 saturated heterocycles. The van der Waals surface area contributed by atoms with Crippen LogP contribution in [0.4, 0.5) is 13.2 Å². The molecule has 2 nitrogen and oxygen atoms in total. The summed E-state index contributed by atoms with van der Waals surface area (Å²) in [4.78, 5) is 0. The number of alkyl halides is 3. The predicted molar refractivity (Wildman–Crippen MR) is 68.9 cm³/mol. The molecule has 0 heterocycles. The molecule has 0 aliphatic carbocycles. The Balaban J connectivity index is 2.11. The van der Waals surface area contributed by atoms with Crippen molar-refractivity contribution in [3.63, 3.8) is 0 Å². The van der Waals surface area contributed by atoms with Crippen molar-refractivity contribution in [3.8, 4) is 11.5 Å². The van der Waals surface area contributed by atoms with Crippen LogP contribution in [0.25, 0.3) is 0 Å². The Labute approximate surface area is 118 Å². The highest BCUT2D eigenvalue weighted by Gasteiger charge is 2.30. The van der Waals surface area contributed by atoms with Crippen LogP contribution < -0.4 is 4.74 Å². The number of benzene rings is 2. The van der Waals surface area contributed by atoms with Gasteiger partial charge in [-0.3, -0.25) is 0 Å². The van der Waals surface area contributed by atoms with E-state index in [0.29, 0.717) is 5.56 Å². The smallest absolute Gasteiger partial charge is 0.416 e. The van der Waals surface area contributed by atoms with Gasteiger partial charge in [-0.1, -0.05) is 23.7 Å². The van der Waals surface area contributed by atoms with E-state index in [1.54, 1.807) is 6.07 Å². The minimum atomic E-state index is -4.41. The Hall–Kier alpha value is -1.88. The van der Waals surface area contributed by atoms with E-state index in [2.05, 4.69) is 0 Å². The van der Waals surface area contributed by atoms with Gasteiger partial charge in [0.1, 0.15) is 18.1 Å². The number of rotatable bonds is 3. The molecular weight excluding hydrogens is 293 g/mol. The number of phenols is 1. The van der Waals surface area contributed by atoms with Crippen LogP contribution >= 0.6 is 11.6 Å². The zero-order valence-corrected chi connectivity index (χ0v) is 10.9. The molecule has 0 atom stereocenters. The van der Waals surface area contributed by atoms with Crippen molar-refractivity contribution in [2.24, 2.45) is 0 Å². The predicted octanol–water partition coefficient (Wildman–Crippen LogP) is 4.64. The molecule has 1 N–H and O–H groups in total. The Morgan fingerprint density at radius 2 is 1.85 bits per heavy atom. The van der Waals surface area contributed by atoms with Gasteiger partial charge in [-0.15, -0.1) is 0 Å². The van der Waals surface area contributed by atoms with Crippen LogP contribution in [0.5, 0.6) is 11.5 Å². The third-order valence-corrected chi connectivity index (χ3v) is 2.94. The first kappa shape index (κ1) is 14.5. The Kier molecular flexibility index (Phi) is 4.09. The molecule has 0 unspecified atom stereocenters. The van der Waals surface area contributed by atoms with Crippen LogP contribution in [-0.2, 0) is 12.8 Å². The molecule has 2 aromatic rings. The number of ether oxygens (including phenoxy) is 1. The summed E-state index contributed by atoms with van der Waals surface area (Å²) in [5.74, 6) is 0.113.